The fraction of sp³-hybridized carbons (Fsp3) is 0.0645. The fourth-order valence-electron chi connectivity index (χ4n) is 4.40. The maximum absolute atomic E-state index is 13.6. The highest BCUT2D eigenvalue weighted by molar-refractivity contribution is 8.18. The van der Waals surface area contributed by atoms with Crippen LogP contribution >= 0.6 is 11.8 Å². The van der Waals surface area contributed by atoms with Crippen molar-refractivity contribution in [2.75, 3.05) is 6.54 Å². The molecule has 3 aromatic carbocycles. The number of nitrogens with zero attached hydrogens (tertiary/aromatic N) is 3. The third-order valence-corrected chi connectivity index (χ3v) is 7.35. The molecule has 38 heavy (non-hydrogen) atoms. The second-order valence-corrected chi connectivity index (χ2v) is 9.81. The average molecular weight is 515 g/mol. The normalized spacial score (nSPS) is 15.6. The van der Waals surface area contributed by atoms with Gasteiger partial charge in [0.25, 0.3) is 5.91 Å². The van der Waals surface area contributed by atoms with Gasteiger partial charge in [0, 0.05) is 35.3 Å². The monoisotopic (exact) mass is 514 g/mol. The third-order valence-electron chi connectivity index (χ3n) is 6.35. The average Bonchev–Trinajstić information content (AvgIpc) is 3.67. The standard InChI is InChI=1S/C31H22N4O2S/c32-19-21-10-12-22(13-11-21)28-15-14-25(37-28)18-29-30(36)35(31(38-29)34-24-6-2-1-3-7-24)17-16-23-20-33-27-9-5-4-8-26(23)27/h1-15,18,20,33H,16-17H2/b29-18-,34-31?. The van der Waals surface area contributed by atoms with Gasteiger partial charge < -0.3 is 9.40 Å². The molecule has 1 N–H and O–H groups in total. The summed E-state index contributed by atoms with van der Waals surface area (Å²) in [5.74, 6) is 1.16. The minimum absolute atomic E-state index is 0.0964. The van der Waals surface area contributed by atoms with Gasteiger partial charge in [0.15, 0.2) is 5.17 Å². The van der Waals surface area contributed by atoms with Crippen molar-refractivity contribution in [3.05, 3.63) is 119 Å². The Morgan fingerprint density at radius 1 is 0.974 bits per heavy atom. The molecule has 0 spiro atoms. The molecule has 5 aromatic rings. The van der Waals surface area contributed by atoms with Crippen LogP contribution in [-0.2, 0) is 11.2 Å². The van der Waals surface area contributed by atoms with E-state index in [9.17, 15) is 4.79 Å². The number of hydrogen-bond acceptors (Lipinski definition) is 5. The summed E-state index contributed by atoms with van der Waals surface area (Å²) in [5, 5.41) is 10.8. The number of aromatic nitrogens is 1. The molecule has 1 aliphatic heterocycles. The molecule has 0 aliphatic carbocycles. The summed E-state index contributed by atoms with van der Waals surface area (Å²) >= 11 is 1.35. The number of thioether (sulfide) groups is 1. The SMILES string of the molecule is N#Cc1ccc(-c2ccc(/C=C3\SC(=Nc4ccccc4)N(CCc4c[nH]c5ccccc45)C3=O)o2)cc1. The Labute approximate surface area is 223 Å². The van der Waals surface area contributed by atoms with Crippen LogP contribution in [0.25, 0.3) is 28.3 Å². The van der Waals surface area contributed by atoms with Gasteiger partial charge in [-0.2, -0.15) is 5.26 Å². The van der Waals surface area contributed by atoms with Crippen molar-refractivity contribution in [3.63, 3.8) is 0 Å². The molecule has 0 atom stereocenters. The Morgan fingerprint density at radius 3 is 2.58 bits per heavy atom. The first-order valence-electron chi connectivity index (χ1n) is 12.2. The first-order valence-corrected chi connectivity index (χ1v) is 13.0. The first-order chi connectivity index (χ1) is 18.7. The number of aromatic amines is 1. The summed E-state index contributed by atoms with van der Waals surface area (Å²) < 4.78 is 6.02. The summed E-state index contributed by atoms with van der Waals surface area (Å²) in [7, 11) is 0. The van der Waals surface area contributed by atoms with Crippen LogP contribution < -0.4 is 0 Å². The molecule has 0 bridgehead atoms. The van der Waals surface area contributed by atoms with Gasteiger partial charge in [0.1, 0.15) is 11.5 Å². The molecule has 1 amide bonds. The van der Waals surface area contributed by atoms with Crippen molar-refractivity contribution in [1.29, 1.82) is 5.26 Å². The number of aliphatic imine (C=N–C) groups is 1. The lowest BCUT2D eigenvalue weighted by molar-refractivity contribution is -0.122. The van der Waals surface area contributed by atoms with Crippen molar-refractivity contribution >= 4 is 45.5 Å². The maximum atomic E-state index is 13.6. The molecule has 6 nitrogen and oxygen atoms in total. The molecule has 0 radical (unpaired) electrons. The van der Waals surface area contributed by atoms with E-state index < -0.39 is 0 Å². The van der Waals surface area contributed by atoms with Gasteiger partial charge in [0.2, 0.25) is 0 Å². The predicted octanol–water partition coefficient (Wildman–Crippen LogP) is 7.15. The van der Waals surface area contributed by atoms with E-state index in [1.54, 1.807) is 23.1 Å². The molecule has 0 saturated carbocycles. The Bertz CT molecular complexity index is 1720. The zero-order valence-electron chi connectivity index (χ0n) is 20.3. The highest BCUT2D eigenvalue weighted by Crippen LogP contribution is 2.35. The van der Waals surface area contributed by atoms with E-state index in [0.29, 0.717) is 40.1 Å². The number of para-hydroxylation sites is 2. The molecule has 3 heterocycles. The number of H-pyrrole nitrogens is 1. The predicted molar refractivity (Wildman–Crippen MR) is 152 cm³/mol. The number of nitriles is 1. The topological polar surface area (TPSA) is 85.4 Å². The summed E-state index contributed by atoms with van der Waals surface area (Å²) in [5.41, 5.74) is 4.49. The molecule has 1 fully saturated rings. The highest BCUT2D eigenvalue weighted by Gasteiger charge is 2.33. The number of benzene rings is 3. The lowest BCUT2D eigenvalue weighted by Gasteiger charge is -2.15. The van der Waals surface area contributed by atoms with E-state index in [1.165, 1.54) is 11.8 Å². The van der Waals surface area contributed by atoms with Crippen molar-refractivity contribution in [2.45, 2.75) is 6.42 Å². The zero-order chi connectivity index (χ0) is 25.9. The number of nitrogens with one attached hydrogen (secondary N) is 1. The van der Waals surface area contributed by atoms with E-state index in [1.807, 2.05) is 79.0 Å². The number of furan rings is 1. The minimum Gasteiger partial charge on any atom is -0.457 e. The van der Waals surface area contributed by atoms with E-state index in [2.05, 4.69) is 17.1 Å². The molecule has 184 valence electrons. The van der Waals surface area contributed by atoms with Gasteiger partial charge in [0.05, 0.1) is 22.2 Å². The first kappa shape index (κ1) is 23.6. The molecule has 6 rings (SSSR count). The molecule has 1 saturated heterocycles. The van der Waals surface area contributed by atoms with Crippen LogP contribution in [0.15, 0.2) is 112 Å². The van der Waals surface area contributed by atoms with Gasteiger partial charge in [-0.1, -0.05) is 36.4 Å². The van der Waals surface area contributed by atoms with Crippen molar-refractivity contribution in [3.8, 4) is 17.4 Å². The smallest absolute Gasteiger partial charge is 0.266 e. The van der Waals surface area contributed by atoms with Gasteiger partial charge in [-0.05, 0) is 78.3 Å². The molecule has 0 unspecified atom stereocenters. The number of rotatable bonds is 6. The summed E-state index contributed by atoms with van der Waals surface area (Å²) in [6, 6.07) is 30.9. The Morgan fingerprint density at radius 2 is 1.76 bits per heavy atom. The largest absolute Gasteiger partial charge is 0.457 e. The van der Waals surface area contributed by atoms with Gasteiger partial charge in [-0.15, -0.1) is 0 Å². The van der Waals surface area contributed by atoms with Gasteiger partial charge >= 0.3 is 0 Å². The number of amidine groups is 1. The van der Waals surface area contributed by atoms with Gasteiger partial charge in [-0.25, -0.2) is 4.99 Å². The fourth-order valence-corrected chi connectivity index (χ4v) is 5.40. The number of amides is 1. The third kappa shape index (κ3) is 4.77. The van der Waals surface area contributed by atoms with E-state index in [0.717, 1.165) is 27.7 Å². The summed E-state index contributed by atoms with van der Waals surface area (Å²) in [6.07, 6.45) is 4.48. The highest BCUT2D eigenvalue weighted by atomic mass is 32.2. The Balaban J connectivity index is 1.28. The second-order valence-electron chi connectivity index (χ2n) is 8.80. The minimum atomic E-state index is -0.0964. The molecular formula is C31H22N4O2S. The maximum Gasteiger partial charge on any atom is 0.266 e. The molecular weight excluding hydrogens is 492 g/mol. The molecule has 7 heteroatoms. The second kappa shape index (κ2) is 10.3. The zero-order valence-corrected chi connectivity index (χ0v) is 21.1. The van der Waals surface area contributed by atoms with E-state index in [-0.39, 0.29) is 5.91 Å². The lowest BCUT2D eigenvalue weighted by atomic mass is 10.1. The molecule has 2 aromatic heterocycles. The van der Waals surface area contributed by atoms with Crippen LogP contribution in [0.1, 0.15) is 16.9 Å². The van der Waals surface area contributed by atoms with E-state index >= 15 is 0 Å². The summed E-state index contributed by atoms with van der Waals surface area (Å²) in [4.78, 5) is 24.0. The number of carbonyl (C=O) groups excluding carboxylic acids is 1. The van der Waals surface area contributed by atoms with Crippen LogP contribution in [0.4, 0.5) is 5.69 Å². The van der Waals surface area contributed by atoms with Gasteiger partial charge in [-0.3, -0.25) is 9.69 Å². The molecule has 1 aliphatic rings. The Hall–Kier alpha value is -4.80. The Kier molecular flexibility index (Phi) is 6.39. The van der Waals surface area contributed by atoms with Crippen LogP contribution in [-0.4, -0.2) is 27.5 Å². The van der Waals surface area contributed by atoms with Crippen molar-refractivity contribution < 1.29 is 9.21 Å². The lowest BCUT2D eigenvalue weighted by Crippen LogP contribution is -2.31. The van der Waals surface area contributed by atoms with E-state index in [4.69, 9.17) is 14.7 Å². The summed E-state index contributed by atoms with van der Waals surface area (Å²) in [6.45, 7) is 0.505. The van der Waals surface area contributed by atoms with Crippen molar-refractivity contribution in [2.24, 2.45) is 4.99 Å². The van der Waals surface area contributed by atoms with Crippen molar-refractivity contribution in [1.82, 2.24) is 9.88 Å². The number of carbonyl (C=O) groups is 1. The van der Waals surface area contributed by atoms with Crippen LogP contribution in [0.2, 0.25) is 0 Å². The van der Waals surface area contributed by atoms with Crippen LogP contribution in [0, 0.1) is 11.3 Å². The number of fused-ring (bicyclic) bond motifs is 1. The quantitative estimate of drug-likeness (QED) is 0.244. The van der Waals surface area contributed by atoms with Crippen LogP contribution in [0.3, 0.4) is 0 Å². The number of hydrogen-bond donors (Lipinski definition) is 1. The van der Waals surface area contributed by atoms with Crippen LogP contribution in [0.5, 0.6) is 0 Å².